The molecule has 0 radical (unpaired) electrons. The van der Waals surface area contributed by atoms with Crippen LogP contribution in [0.25, 0.3) is 0 Å². The van der Waals surface area contributed by atoms with Crippen LogP contribution >= 0.6 is 27.5 Å². The van der Waals surface area contributed by atoms with E-state index in [0.717, 1.165) is 23.3 Å². The zero-order valence-corrected chi connectivity index (χ0v) is 9.83. The van der Waals surface area contributed by atoms with Crippen LogP contribution in [-0.4, -0.2) is 26.3 Å². The summed E-state index contributed by atoms with van der Waals surface area (Å²) in [7, 11) is 0.407. The summed E-state index contributed by atoms with van der Waals surface area (Å²) in [6.07, 6.45) is 1.07. The van der Waals surface area contributed by atoms with Crippen molar-refractivity contribution < 1.29 is 4.43 Å². The summed E-state index contributed by atoms with van der Waals surface area (Å²) in [5, 5.41) is 0. The van der Waals surface area contributed by atoms with Crippen molar-refractivity contribution in [3.63, 3.8) is 0 Å². The molecule has 0 aromatic rings. The highest BCUT2D eigenvalue weighted by atomic mass is 79.9. The topological polar surface area (TPSA) is 9.23 Å². The molecule has 10 heavy (non-hydrogen) atoms. The molecule has 0 amide bonds. The van der Waals surface area contributed by atoms with Gasteiger partial charge in [-0.15, -0.1) is 11.6 Å². The third kappa shape index (κ3) is 3.96. The predicted octanol–water partition coefficient (Wildman–Crippen LogP) is 2.77. The number of hydrogen-bond donors (Lipinski definition) is 0. The molecule has 0 spiro atoms. The van der Waals surface area contributed by atoms with Gasteiger partial charge in [0.15, 0.2) is 8.32 Å². The Morgan fingerprint density at radius 3 is 2.50 bits per heavy atom. The Morgan fingerprint density at radius 1 is 1.60 bits per heavy atom. The molecule has 0 saturated heterocycles. The first-order chi connectivity index (χ1) is 4.68. The van der Waals surface area contributed by atoms with E-state index in [-0.39, 0.29) is 0 Å². The Bertz CT molecular complexity index is 87.8. The maximum atomic E-state index is 5.57. The third-order valence-electron chi connectivity index (χ3n) is 1.61. The molecular weight excluding hydrogens is 232 g/mol. The first kappa shape index (κ1) is 10.9. The molecule has 1 atom stereocenters. The highest BCUT2D eigenvalue weighted by Gasteiger charge is 2.24. The number of halogens is 2. The van der Waals surface area contributed by atoms with Crippen molar-refractivity contribution in [2.24, 2.45) is 0 Å². The fourth-order valence-electron chi connectivity index (χ4n) is 0.664. The molecule has 1 unspecified atom stereocenters. The Labute approximate surface area is 77.4 Å². The van der Waals surface area contributed by atoms with E-state index < -0.39 is 8.32 Å². The summed E-state index contributed by atoms with van der Waals surface area (Å²) >= 11 is 9.03. The Morgan fingerprint density at radius 2 is 2.20 bits per heavy atom. The fraction of sp³-hybridized carbons (Fsp3) is 1.00. The van der Waals surface area contributed by atoms with Crippen molar-refractivity contribution in [2.45, 2.75) is 19.0 Å². The van der Waals surface area contributed by atoms with Crippen LogP contribution in [0.4, 0.5) is 0 Å². The van der Waals surface area contributed by atoms with E-state index >= 15 is 0 Å². The zero-order valence-electron chi connectivity index (χ0n) is 6.49. The minimum atomic E-state index is -1.39. The lowest BCUT2D eigenvalue weighted by molar-refractivity contribution is 0.402. The smallest absolute Gasteiger partial charge is 0.199 e. The van der Waals surface area contributed by atoms with Gasteiger partial charge < -0.3 is 4.43 Å². The SMILES string of the molecule is CO[Si](C)(CBr)CCCCl. The summed E-state index contributed by atoms with van der Waals surface area (Å²) in [5.74, 6) is 0.749. The number of rotatable bonds is 5. The van der Waals surface area contributed by atoms with Gasteiger partial charge >= 0.3 is 0 Å². The molecule has 0 heterocycles. The molecule has 0 aromatic carbocycles. The van der Waals surface area contributed by atoms with Gasteiger partial charge in [0.2, 0.25) is 0 Å². The van der Waals surface area contributed by atoms with Crippen molar-refractivity contribution in [1.82, 2.24) is 0 Å². The molecule has 0 saturated carbocycles. The van der Waals surface area contributed by atoms with Crippen LogP contribution in [0.15, 0.2) is 0 Å². The van der Waals surface area contributed by atoms with Crippen LogP contribution in [0.5, 0.6) is 0 Å². The molecule has 62 valence electrons. The molecule has 0 aliphatic carbocycles. The molecule has 0 N–H and O–H groups in total. The molecule has 0 aliphatic heterocycles. The highest BCUT2D eigenvalue weighted by molar-refractivity contribution is 9.09. The zero-order chi connectivity index (χ0) is 8.04. The van der Waals surface area contributed by atoms with Gasteiger partial charge in [-0.25, -0.2) is 0 Å². The van der Waals surface area contributed by atoms with Crippen molar-refractivity contribution in [2.75, 3.05) is 17.9 Å². The summed E-state index contributed by atoms with van der Waals surface area (Å²) < 4.78 is 5.42. The van der Waals surface area contributed by atoms with E-state index in [1.54, 1.807) is 7.11 Å². The van der Waals surface area contributed by atoms with E-state index in [1.807, 2.05) is 0 Å². The summed E-state index contributed by atoms with van der Waals surface area (Å²) in [6.45, 7) is 2.22. The molecule has 4 heteroatoms. The van der Waals surface area contributed by atoms with Gasteiger partial charge in [-0.05, 0) is 19.0 Å². The molecule has 0 bridgehead atoms. The predicted molar refractivity (Wildman–Crippen MR) is 52.6 cm³/mol. The van der Waals surface area contributed by atoms with E-state index in [0.29, 0.717) is 0 Å². The van der Waals surface area contributed by atoms with Crippen LogP contribution in [0, 0.1) is 0 Å². The molecule has 0 fully saturated rings. The Kier molecular flexibility index (Phi) is 6.11. The van der Waals surface area contributed by atoms with Gasteiger partial charge in [0.05, 0.1) is 0 Å². The molecule has 0 aromatic heterocycles. The van der Waals surface area contributed by atoms with Gasteiger partial charge in [-0.1, -0.05) is 15.9 Å². The minimum Gasteiger partial charge on any atom is -0.419 e. The maximum absolute atomic E-state index is 5.57. The van der Waals surface area contributed by atoms with Crippen LogP contribution < -0.4 is 0 Å². The van der Waals surface area contributed by atoms with Crippen molar-refractivity contribution in [3.05, 3.63) is 0 Å². The molecule has 1 nitrogen and oxygen atoms in total. The van der Waals surface area contributed by atoms with Crippen molar-refractivity contribution in [3.8, 4) is 0 Å². The highest BCUT2D eigenvalue weighted by Crippen LogP contribution is 2.15. The average molecular weight is 246 g/mol. The molecule has 0 aliphatic rings. The minimum absolute atomic E-state index is 0.749. The van der Waals surface area contributed by atoms with Gasteiger partial charge in [0.1, 0.15) is 0 Å². The Hall–Kier alpha value is 0.947. The van der Waals surface area contributed by atoms with Crippen molar-refractivity contribution in [1.29, 1.82) is 0 Å². The molecular formula is C6H14BrClOSi. The lowest BCUT2D eigenvalue weighted by atomic mass is 10.6. The van der Waals surface area contributed by atoms with Crippen LogP contribution in [0.3, 0.4) is 0 Å². The first-order valence-electron chi connectivity index (χ1n) is 3.35. The van der Waals surface area contributed by atoms with Gasteiger partial charge in [-0.3, -0.25) is 0 Å². The second-order valence-corrected chi connectivity index (χ2v) is 8.72. The van der Waals surface area contributed by atoms with Gasteiger partial charge in [0, 0.05) is 17.9 Å². The van der Waals surface area contributed by atoms with Gasteiger partial charge in [0.25, 0.3) is 0 Å². The van der Waals surface area contributed by atoms with Crippen LogP contribution in [-0.2, 0) is 4.43 Å². The third-order valence-corrected chi connectivity index (χ3v) is 8.40. The van der Waals surface area contributed by atoms with Crippen molar-refractivity contribution >= 4 is 35.8 Å². The number of alkyl halides is 2. The van der Waals surface area contributed by atoms with Gasteiger partial charge in [-0.2, -0.15) is 0 Å². The van der Waals surface area contributed by atoms with Crippen LogP contribution in [0.1, 0.15) is 6.42 Å². The normalized spacial score (nSPS) is 16.8. The monoisotopic (exact) mass is 244 g/mol. The standard InChI is InChI=1S/C6H14BrClOSi/c1-9-10(2,6-7)5-3-4-8/h3-6H2,1-2H3. The van der Waals surface area contributed by atoms with E-state index in [2.05, 4.69) is 22.5 Å². The largest absolute Gasteiger partial charge is 0.419 e. The quantitative estimate of drug-likeness (QED) is 0.535. The van der Waals surface area contributed by atoms with E-state index in [1.165, 1.54) is 0 Å². The van der Waals surface area contributed by atoms with Crippen LogP contribution in [0.2, 0.25) is 12.6 Å². The van der Waals surface area contributed by atoms with E-state index in [9.17, 15) is 0 Å². The lowest BCUT2D eigenvalue weighted by Crippen LogP contribution is -2.35. The average Bonchev–Trinajstić information content (AvgIpc) is 2.00. The number of hydrogen-bond acceptors (Lipinski definition) is 1. The maximum Gasteiger partial charge on any atom is 0.199 e. The molecule has 0 rings (SSSR count). The second-order valence-electron chi connectivity index (χ2n) is 2.58. The lowest BCUT2D eigenvalue weighted by Gasteiger charge is -2.21. The fourth-order valence-corrected chi connectivity index (χ4v) is 3.92. The summed E-state index contributed by atoms with van der Waals surface area (Å²) in [4.78, 5) is 1.01. The first-order valence-corrected chi connectivity index (χ1v) is 7.83. The van der Waals surface area contributed by atoms with E-state index in [4.69, 9.17) is 16.0 Å². The summed E-state index contributed by atoms with van der Waals surface area (Å²) in [6, 6.07) is 1.15. The Balaban J connectivity index is 3.58. The second kappa shape index (κ2) is 5.58. The summed E-state index contributed by atoms with van der Waals surface area (Å²) in [5.41, 5.74) is 0.